The van der Waals surface area contributed by atoms with Gasteiger partial charge in [0.25, 0.3) is 5.91 Å². The Bertz CT molecular complexity index is 1190. The molecule has 6 heteroatoms. The summed E-state index contributed by atoms with van der Waals surface area (Å²) in [5.74, 6) is 0.305. The van der Waals surface area contributed by atoms with Gasteiger partial charge >= 0.3 is 0 Å². The number of hydrogen-bond donors (Lipinski definition) is 1. The quantitative estimate of drug-likeness (QED) is 0.502. The van der Waals surface area contributed by atoms with Crippen LogP contribution < -0.4 is 10.1 Å². The van der Waals surface area contributed by atoms with Gasteiger partial charge in [-0.15, -0.1) is 11.3 Å². The summed E-state index contributed by atoms with van der Waals surface area (Å²) < 4.78 is 5.87. The van der Waals surface area contributed by atoms with E-state index in [2.05, 4.69) is 38.9 Å². The lowest BCUT2D eigenvalue weighted by molar-refractivity contribution is -0.124. The SMILES string of the molecule is O=C(COc1ncnc2scc(-c3ccccc3)c12)N[C@@H]1CCCc2ccccc21. The van der Waals surface area contributed by atoms with Crippen LogP contribution in [0.3, 0.4) is 0 Å². The molecule has 4 aromatic rings. The highest BCUT2D eigenvalue weighted by Crippen LogP contribution is 2.37. The van der Waals surface area contributed by atoms with Crippen LogP contribution in [0.5, 0.6) is 5.88 Å². The van der Waals surface area contributed by atoms with E-state index in [4.69, 9.17) is 4.74 Å². The summed E-state index contributed by atoms with van der Waals surface area (Å²) in [4.78, 5) is 22.2. The average molecular weight is 416 g/mol. The van der Waals surface area contributed by atoms with Crippen LogP contribution in [0.15, 0.2) is 66.3 Å². The van der Waals surface area contributed by atoms with Crippen LogP contribution in [0, 0.1) is 0 Å². The van der Waals surface area contributed by atoms with E-state index in [0.717, 1.165) is 40.6 Å². The molecule has 0 radical (unpaired) electrons. The number of amides is 1. The molecule has 0 saturated carbocycles. The number of fused-ring (bicyclic) bond motifs is 2. The summed E-state index contributed by atoms with van der Waals surface area (Å²) in [5.41, 5.74) is 4.63. The zero-order valence-electron chi connectivity index (χ0n) is 16.4. The van der Waals surface area contributed by atoms with E-state index in [1.54, 1.807) is 11.3 Å². The third-order valence-corrected chi connectivity index (χ3v) is 6.35. The fourth-order valence-electron chi connectivity index (χ4n) is 4.06. The normalized spacial score (nSPS) is 15.5. The highest BCUT2D eigenvalue weighted by Gasteiger charge is 2.22. The molecule has 150 valence electrons. The first kappa shape index (κ1) is 18.8. The second kappa shape index (κ2) is 8.24. The smallest absolute Gasteiger partial charge is 0.258 e. The molecule has 0 fully saturated rings. The maximum absolute atomic E-state index is 12.6. The lowest BCUT2D eigenvalue weighted by Crippen LogP contribution is -2.34. The monoisotopic (exact) mass is 415 g/mol. The van der Waals surface area contributed by atoms with Crippen LogP contribution in [-0.4, -0.2) is 22.5 Å². The second-order valence-electron chi connectivity index (χ2n) is 7.37. The molecule has 0 aliphatic heterocycles. The van der Waals surface area contributed by atoms with E-state index in [-0.39, 0.29) is 18.6 Å². The minimum atomic E-state index is -0.139. The molecule has 0 spiro atoms. The molecule has 30 heavy (non-hydrogen) atoms. The zero-order chi connectivity index (χ0) is 20.3. The lowest BCUT2D eigenvalue weighted by Gasteiger charge is -2.26. The first-order valence-electron chi connectivity index (χ1n) is 10.1. The maximum Gasteiger partial charge on any atom is 0.258 e. The third kappa shape index (κ3) is 3.66. The maximum atomic E-state index is 12.6. The van der Waals surface area contributed by atoms with Gasteiger partial charge in [-0.05, 0) is 36.0 Å². The third-order valence-electron chi connectivity index (χ3n) is 5.46. The molecule has 2 heterocycles. The summed E-state index contributed by atoms with van der Waals surface area (Å²) in [6, 6.07) is 18.4. The van der Waals surface area contributed by atoms with E-state index in [1.807, 2.05) is 36.4 Å². The van der Waals surface area contributed by atoms with Gasteiger partial charge < -0.3 is 10.1 Å². The Morgan fingerprint density at radius 3 is 2.83 bits per heavy atom. The highest BCUT2D eigenvalue weighted by molar-refractivity contribution is 7.17. The van der Waals surface area contributed by atoms with Crippen LogP contribution in [0.2, 0.25) is 0 Å². The molecule has 0 unspecified atom stereocenters. The molecule has 5 rings (SSSR count). The number of aryl methyl sites for hydroxylation is 1. The van der Waals surface area contributed by atoms with Gasteiger partial charge in [0.1, 0.15) is 11.2 Å². The molecule has 2 aromatic carbocycles. The lowest BCUT2D eigenvalue weighted by atomic mass is 9.88. The molecule has 2 aromatic heterocycles. The van der Waals surface area contributed by atoms with Gasteiger partial charge in [0, 0.05) is 10.9 Å². The fraction of sp³-hybridized carbons (Fsp3) is 0.208. The first-order chi connectivity index (χ1) is 14.8. The predicted octanol–water partition coefficient (Wildman–Crippen LogP) is 4.93. The minimum Gasteiger partial charge on any atom is -0.467 e. The molecule has 1 atom stereocenters. The van der Waals surface area contributed by atoms with Gasteiger partial charge in [-0.25, -0.2) is 9.97 Å². The summed E-state index contributed by atoms with van der Waals surface area (Å²) in [7, 11) is 0. The number of ether oxygens (including phenoxy) is 1. The van der Waals surface area contributed by atoms with Crippen molar-refractivity contribution < 1.29 is 9.53 Å². The molecule has 1 N–H and O–H groups in total. The van der Waals surface area contributed by atoms with Gasteiger partial charge in [0.05, 0.1) is 11.4 Å². The van der Waals surface area contributed by atoms with Crippen molar-refractivity contribution in [1.82, 2.24) is 15.3 Å². The topological polar surface area (TPSA) is 64.1 Å². The van der Waals surface area contributed by atoms with Crippen LogP contribution in [0.25, 0.3) is 21.3 Å². The molecule has 1 aliphatic rings. The zero-order valence-corrected chi connectivity index (χ0v) is 17.2. The van der Waals surface area contributed by atoms with Gasteiger partial charge in [0.15, 0.2) is 6.61 Å². The predicted molar refractivity (Wildman–Crippen MR) is 119 cm³/mol. The summed E-state index contributed by atoms with van der Waals surface area (Å²) in [5, 5.41) is 6.04. The number of rotatable bonds is 5. The number of nitrogens with zero attached hydrogens (tertiary/aromatic N) is 2. The van der Waals surface area contributed by atoms with Crippen molar-refractivity contribution >= 4 is 27.5 Å². The molecule has 5 nitrogen and oxygen atoms in total. The van der Waals surface area contributed by atoms with Gasteiger partial charge in [-0.1, -0.05) is 54.6 Å². The van der Waals surface area contributed by atoms with Crippen molar-refractivity contribution in [3.8, 4) is 17.0 Å². The van der Waals surface area contributed by atoms with E-state index in [1.165, 1.54) is 17.5 Å². The Balaban J connectivity index is 1.34. The summed E-state index contributed by atoms with van der Waals surface area (Å²) >= 11 is 1.55. The molecule has 1 amide bonds. The largest absolute Gasteiger partial charge is 0.467 e. The van der Waals surface area contributed by atoms with Crippen molar-refractivity contribution in [2.75, 3.05) is 6.61 Å². The molecule has 0 saturated heterocycles. The Morgan fingerprint density at radius 2 is 1.93 bits per heavy atom. The molecular weight excluding hydrogens is 394 g/mol. The number of nitrogens with one attached hydrogen (secondary N) is 1. The standard InChI is InChI=1S/C24H21N3O2S/c28-21(27-20-12-6-10-16-9-4-5-11-18(16)20)13-29-23-22-19(17-7-2-1-3-8-17)14-30-24(22)26-15-25-23/h1-5,7-9,11,14-15,20H,6,10,12-13H2,(H,27,28)/t20-/m1/s1. The number of thiophene rings is 1. The van der Waals surface area contributed by atoms with E-state index in [0.29, 0.717) is 5.88 Å². The van der Waals surface area contributed by atoms with Gasteiger partial charge in [-0.2, -0.15) is 0 Å². The van der Waals surface area contributed by atoms with Gasteiger partial charge in [0.2, 0.25) is 5.88 Å². The van der Waals surface area contributed by atoms with Crippen LogP contribution in [-0.2, 0) is 11.2 Å². The Hall–Kier alpha value is -3.25. The fourth-order valence-corrected chi connectivity index (χ4v) is 4.97. The number of carbonyl (C=O) groups excluding carboxylic acids is 1. The Kier molecular flexibility index (Phi) is 5.15. The Labute approximate surface area is 178 Å². The van der Waals surface area contributed by atoms with E-state index in [9.17, 15) is 4.79 Å². The van der Waals surface area contributed by atoms with Crippen molar-refractivity contribution in [2.45, 2.75) is 25.3 Å². The second-order valence-corrected chi connectivity index (χ2v) is 8.23. The Morgan fingerprint density at radius 1 is 1.10 bits per heavy atom. The number of carbonyl (C=O) groups is 1. The number of benzene rings is 2. The van der Waals surface area contributed by atoms with Crippen LogP contribution in [0.4, 0.5) is 0 Å². The average Bonchev–Trinajstić information content (AvgIpc) is 3.23. The molecule has 0 bridgehead atoms. The first-order valence-corrected chi connectivity index (χ1v) is 10.9. The number of hydrogen-bond acceptors (Lipinski definition) is 5. The summed E-state index contributed by atoms with van der Waals surface area (Å²) in [6.45, 7) is -0.0745. The summed E-state index contributed by atoms with van der Waals surface area (Å²) in [6.07, 6.45) is 4.57. The van der Waals surface area contributed by atoms with Crippen molar-refractivity contribution in [3.05, 3.63) is 77.4 Å². The van der Waals surface area contributed by atoms with Crippen LogP contribution in [0.1, 0.15) is 30.0 Å². The van der Waals surface area contributed by atoms with E-state index >= 15 is 0 Å². The van der Waals surface area contributed by atoms with Gasteiger partial charge in [-0.3, -0.25) is 4.79 Å². The highest BCUT2D eigenvalue weighted by atomic mass is 32.1. The molecular formula is C24H21N3O2S. The van der Waals surface area contributed by atoms with Crippen molar-refractivity contribution in [3.63, 3.8) is 0 Å². The van der Waals surface area contributed by atoms with Crippen LogP contribution >= 0.6 is 11.3 Å². The van der Waals surface area contributed by atoms with Crippen molar-refractivity contribution in [2.24, 2.45) is 0 Å². The van der Waals surface area contributed by atoms with Crippen molar-refractivity contribution in [1.29, 1.82) is 0 Å². The number of aromatic nitrogens is 2. The molecule has 1 aliphatic carbocycles. The minimum absolute atomic E-state index is 0.0393. The van der Waals surface area contributed by atoms with E-state index < -0.39 is 0 Å².